The monoisotopic (exact) mass is 548 g/mol. The van der Waals surface area contributed by atoms with E-state index in [4.69, 9.17) is 15.7 Å². The first kappa shape index (κ1) is 28.7. The second-order valence-electron chi connectivity index (χ2n) is 10.0. The molecule has 2 atom stereocenters. The molecule has 9 heteroatoms. The van der Waals surface area contributed by atoms with Gasteiger partial charge in [-0.05, 0) is 50.0 Å². The van der Waals surface area contributed by atoms with Crippen LogP contribution in [0.3, 0.4) is 0 Å². The third-order valence-electron chi connectivity index (χ3n) is 7.33. The Labute approximate surface area is 232 Å². The summed E-state index contributed by atoms with van der Waals surface area (Å²) in [6.45, 7) is 14.4. The zero-order valence-corrected chi connectivity index (χ0v) is 24.0. The van der Waals surface area contributed by atoms with Gasteiger partial charge < -0.3 is 11.1 Å². The number of guanidine groups is 1. The second-order valence-corrected chi connectivity index (χ2v) is 11.9. The topological polar surface area (TPSA) is 105 Å². The van der Waals surface area contributed by atoms with Crippen molar-refractivity contribution in [1.82, 2.24) is 14.2 Å². The van der Waals surface area contributed by atoms with Gasteiger partial charge in [0.15, 0.2) is 0 Å². The largest absolute Gasteiger partial charge is 0.368 e. The maximum atomic E-state index is 13.6. The number of para-hydroxylation sites is 1. The van der Waals surface area contributed by atoms with Crippen LogP contribution in [0.1, 0.15) is 45.6 Å². The van der Waals surface area contributed by atoms with Gasteiger partial charge in [-0.25, -0.2) is 22.4 Å². The number of hydrogen-bond acceptors (Lipinski definition) is 5. The Morgan fingerprint density at radius 3 is 2.36 bits per heavy atom. The molecule has 0 bridgehead atoms. The molecule has 1 saturated heterocycles. The molecule has 2 aromatic carbocycles. The van der Waals surface area contributed by atoms with Crippen molar-refractivity contribution in [3.63, 3.8) is 0 Å². The number of allylic oxidation sites excluding steroid dienone is 1. The highest BCUT2D eigenvalue weighted by atomic mass is 32.2. The number of piperazine rings is 1. The molecule has 2 heterocycles. The van der Waals surface area contributed by atoms with Gasteiger partial charge in [-0.2, -0.15) is 0 Å². The molecule has 1 aliphatic heterocycles. The van der Waals surface area contributed by atoms with Gasteiger partial charge in [-0.15, -0.1) is 0 Å². The third-order valence-corrected chi connectivity index (χ3v) is 9.02. The van der Waals surface area contributed by atoms with E-state index in [9.17, 15) is 8.42 Å². The number of aliphatic imine (C=N–C) groups is 2. The molecule has 0 radical (unpaired) electrons. The lowest BCUT2D eigenvalue weighted by molar-refractivity contribution is 0.154. The van der Waals surface area contributed by atoms with Crippen molar-refractivity contribution in [3.05, 3.63) is 78.5 Å². The van der Waals surface area contributed by atoms with E-state index in [1.54, 1.807) is 42.6 Å². The minimum Gasteiger partial charge on any atom is -0.368 e. The smallest absolute Gasteiger partial charge is 0.268 e. The van der Waals surface area contributed by atoms with E-state index >= 15 is 0 Å². The lowest BCUT2D eigenvalue weighted by Gasteiger charge is -2.35. The summed E-state index contributed by atoms with van der Waals surface area (Å²) < 4.78 is 28.4. The average molecular weight is 549 g/mol. The van der Waals surface area contributed by atoms with Gasteiger partial charge in [-0.1, -0.05) is 56.8 Å². The van der Waals surface area contributed by atoms with E-state index in [1.165, 1.54) is 3.97 Å². The van der Waals surface area contributed by atoms with Crippen molar-refractivity contribution in [2.45, 2.75) is 57.0 Å². The van der Waals surface area contributed by atoms with Crippen LogP contribution in [0, 0.1) is 0 Å². The van der Waals surface area contributed by atoms with E-state index in [1.807, 2.05) is 25.1 Å². The quantitative estimate of drug-likeness (QED) is 0.288. The molecule has 3 aromatic rings. The molecule has 4 rings (SSSR count). The summed E-state index contributed by atoms with van der Waals surface area (Å²) in [5, 5.41) is 4.17. The predicted octanol–water partition coefficient (Wildman–Crippen LogP) is 4.41. The van der Waals surface area contributed by atoms with Gasteiger partial charge in [0.1, 0.15) is 0 Å². The minimum atomic E-state index is -3.82. The number of nitrogens with two attached hydrogens (primary N) is 1. The Hall–Kier alpha value is -3.27. The van der Waals surface area contributed by atoms with E-state index in [2.05, 4.69) is 30.6 Å². The maximum absolute atomic E-state index is 13.6. The summed E-state index contributed by atoms with van der Waals surface area (Å²) >= 11 is 0. The molecule has 0 spiro atoms. The van der Waals surface area contributed by atoms with Crippen molar-refractivity contribution in [3.8, 4) is 0 Å². The molecule has 0 saturated carbocycles. The number of aromatic nitrogens is 1. The van der Waals surface area contributed by atoms with E-state index < -0.39 is 10.0 Å². The summed E-state index contributed by atoms with van der Waals surface area (Å²) in [5.74, 6) is 0.178. The Morgan fingerprint density at radius 1 is 1.05 bits per heavy atom. The van der Waals surface area contributed by atoms with Crippen LogP contribution in [-0.2, 0) is 10.0 Å². The first-order valence-corrected chi connectivity index (χ1v) is 15.1. The highest BCUT2D eigenvalue weighted by Crippen LogP contribution is 2.28. The molecule has 1 aromatic heterocycles. The van der Waals surface area contributed by atoms with Crippen LogP contribution in [0.25, 0.3) is 10.9 Å². The van der Waals surface area contributed by atoms with Crippen LogP contribution in [-0.4, -0.2) is 67.2 Å². The van der Waals surface area contributed by atoms with Crippen LogP contribution in [0.2, 0.25) is 0 Å². The van der Waals surface area contributed by atoms with Crippen molar-refractivity contribution >= 4 is 32.6 Å². The molecule has 208 valence electrons. The van der Waals surface area contributed by atoms with Crippen molar-refractivity contribution in [2.75, 3.05) is 26.2 Å². The van der Waals surface area contributed by atoms with Crippen LogP contribution in [0.15, 0.2) is 87.8 Å². The van der Waals surface area contributed by atoms with Gasteiger partial charge in [0.25, 0.3) is 10.0 Å². The van der Waals surface area contributed by atoms with Gasteiger partial charge >= 0.3 is 0 Å². The molecule has 1 fully saturated rings. The predicted molar refractivity (Wildman–Crippen MR) is 161 cm³/mol. The first-order chi connectivity index (χ1) is 18.8. The van der Waals surface area contributed by atoms with Crippen molar-refractivity contribution in [2.24, 2.45) is 15.7 Å². The van der Waals surface area contributed by atoms with Crippen molar-refractivity contribution < 1.29 is 8.42 Å². The number of hydrogen-bond donors (Lipinski definition) is 2. The Morgan fingerprint density at radius 2 is 1.72 bits per heavy atom. The number of nitrogens with zero attached hydrogens (tertiary/aromatic N) is 4. The summed E-state index contributed by atoms with van der Waals surface area (Å²) in [4.78, 5) is 12.3. The molecular weight excluding hydrogens is 508 g/mol. The zero-order valence-electron chi connectivity index (χ0n) is 23.2. The minimum absolute atomic E-state index is 0.0414. The molecule has 0 amide bonds. The van der Waals surface area contributed by atoms with E-state index in [0.29, 0.717) is 28.4 Å². The molecule has 8 nitrogen and oxygen atoms in total. The van der Waals surface area contributed by atoms with Crippen molar-refractivity contribution in [1.29, 1.82) is 0 Å². The molecule has 1 aliphatic rings. The normalized spacial score (nSPS) is 17.3. The standard InChI is InChI=1S/C30H40N6O2S/c1-5-23(20-24(6-2)35-18-16-32-17-19-35)33-30(31)34-29(22(3)4)27-21-36(28-15-11-10-14-26(27)28)39(37,38)25-12-8-7-9-13-25/h7-15,21,23-24,32H,3,5-6,16-20H2,1-2,4H3,(H2,31,33)/t23-,24?/m1/s1. The number of benzene rings is 2. The fourth-order valence-electron chi connectivity index (χ4n) is 5.21. The fourth-order valence-corrected chi connectivity index (χ4v) is 6.60. The summed E-state index contributed by atoms with van der Waals surface area (Å²) in [6, 6.07) is 16.3. The molecule has 3 N–H and O–H groups in total. The van der Waals surface area contributed by atoms with Crippen LogP contribution in [0.4, 0.5) is 0 Å². The van der Waals surface area contributed by atoms with Crippen LogP contribution in [0.5, 0.6) is 0 Å². The average Bonchev–Trinajstić information content (AvgIpc) is 3.35. The Bertz CT molecular complexity index is 1450. The lowest BCUT2D eigenvalue weighted by atomic mass is 10.0. The van der Waals surface area contributed by atoms with Gasteiger partial charge in [0.05, 0.1) is 22.2 Å². The zero-order chi connectivity index (χ0) is 28.0. The maximum Gasteiger partial charge on any atom is 0.268 e. The Balaban J connectivity index is 1.70. The molecule has 0 aliphatic carbocycles. The third kappa shape index (κ3) is 6.49. The number of nitrogens with one attached hydrogen (secondary N) is 1. The molecule has 39 heavy (non-hydrogen) atoms. The fraction of sp³-hybridized carbons (Fsp3) is 0.400. The molecular formula is C30H40N6O2S. The molecule has 1 unspecified atom stereocenters. The summed E-state index contributed by atoms with van der Waals surface area (Å²) in [5.41, 5.74) is 8.84. The van der Waals surface area contributed by atoms with Gasteiger partial charge in [-0.3, -0.25) is 4.90 Å². The SMILES string of the molecule is C=C(C)C(=NC(N)=N[C@H](CC)CC(CC)N1CCNCC1)c1cn(S(=O)(=O)c2ccccc2)c2ccccc12. The highest BCUT2D eigenvalue weighted by Gasteiger charge is 2.24. The van der Waals surface area contributed by atoms with E-state index in [-0.39, 0.29) is 16.9 Å². The first-order valence-electron chi connectivity index (χ1n) is 13.7. The summed E-state index contributed by atoms with van der Waals surface area (Å²) in [6.07, 6.45) is 4.44. The number of rotatable bonds is 10. The van der Waals surface area contributed by atoms with Gasteiger partial charge in [0, 0.05) is 49.4 Å². The number of fused-ring (bicyclic) bond motifs is 1. The highest BCUT2D eigenvalue weighted by molar-refractivity contribution is 7.90. The van der Waals surface area contributed by atoms with Gasteiger partial charge in [0.2, 0.25) is 5.96 Å². The Kier molecular flexibility index (Phi) is 9.37. The summed E-state index contributed by atoms with van der Waals surface area (Å²) in [7, 11) is -3.82. The van der Waals surface area contributed by atoms with E-state index in [0.717, 1.165) is 50.8 Å². The second kappa shape index (κ2) is 12.7. The lowest BCUT2D eigenvalue weighted by Crippen LogP contribution is -2.49. The van der Waals surface area contributed by atoms with Crippen LogP contribution >= 0.6 is 0 Å². The van der Waals surface area contributed by atoms with Crippen LogP contribution < -0.4 is 11.1 Å².